The maximum Gasteiger partial charge on any atom is 0.475 e. The standard InChI is InChI=1S/C28H40N3O13P/c1-4-21-24(44-45(36,40-13-11-22(32)29-2)41-19-18-39-17-16-38-15-14-37-3)25(43-27(34)20-8-6-5-7-9-20)26(42-21)31-12-10-23(33)30-28(31)35/h5-10,12,21,24-26H,4,11,13-19H2,1-3H3,(H,29,32)(H,30,33,35)/t21-,24?,25+,26-,45?/m1/s1. The van der Waals surface area contributed by atoms with Crippen LogP contribution >= 0.6 is 7.82 Å². The van der Waals surface area contributed by atoms with E-state index in [2.05, 4.69) is 10.3 Å². The number of nitrogens with zero attached hydrogens (tertiary/aromatic N) is 1. The van der Waals surface area contributed by atoms with E-state index < -0.39 is 49.6 Å². The van der Waals surface area contributed by atoms with Crippen molar-refractivity contribution >= 4 is 19.7 Å². The molecule has 1 saturated heterocycles. The molecule has 1 amide bonds. The number of aromatic nitrogens is 2. The number of aromatic amines is 1. The van der Waals surface area contributed by atoms with Gasteiger partial charge in [-0.2, -0.15) is 0 Å². The number of ether oxygens (including phenoxy) is 5. The molecule has 5 atom stereocenters. The van der Waals surface area contributed by atoms with Gasteiger partial charge in [-0.15, -0.1) is 0 Å². The third-order valence-corrected chi connectivity index (χ3v) is 7.95. The van der Waals surface area contributed by atoms with E-state index in [0.717, 1.165) is 10.6 Å². The van der Waals surface area contributed by atoms with Crippen molar-refractivity contribution < 1.29 is 51.4 Å². The Kier molecular flexibility index (Phi) is 15.1. The van der Waals surface area contributed by atoms with Crippen molar-refractivity contribution in [2.45, 2.75) is 44.3 Å². The van der Waals surface area contributed by atoms with Crippen LogP contribution in [0.1, 0.15) is 36.4 Å². The summed E-state index contributed by atoms with van der Waals surface area (Å²) in [4.78, 5) is 51.6. The first-order valence-corrected chi connectivity index (χ1v) is 15.8. The van der Waals surface area contributed by atoms with E-state index in [-0.39, 0.29) is 50.7 Å². The largest absolute Gasteiger partial charge is 0.475 e. The van der Waals surface area contributed by atoms with Crippen LogP contribution in [0.4, 0.5) is 0 Å². The van der Waals surface area contributed by atoms with Crippen LogP contribution in [0.25, 0.3) is 0 Å². The van der Waals surface area contributed by atoms with Crippen LogP contribution in [0, 0.1) is 0 Å². The first-order valence-electron chi connectivity index (χ1n) is 14.4. The molecule has 16 nitrogen and oxygen atoms in total. The van der Waals surface area contributed by atoms with Gasteiger partial charge in [-0.1, -0.05) is 25.1 Å². The fraction of sp³-hybridized carbons (Fsp3) is 0.571. The molecule has 1 aromatic carbocycles. The fourth-order valence-electron chi connectivity index (χ4n) is 4.20. The number of methoxy groups -OCH3 is 1. The third-order valence-electron chi connectivity index (χ3n) is 6.45. The minimum absolute atomic E-state index is 0.0000140. The van der Waals surface area contributed by atoms with Crippen LogP contribution in [0.5, 0.6) is 0 Å². The number of carbonyl (C=O) groups excluding carboxylic acids is 2. The lowest BCUT2D eigenvalue weighted by Gasteiger charge is -2.28. The lowest BCUT2D eigenvalue weighted by atomic mass is 10.1. The molecular formula is C28H40N3O13P. The number of rotatable bonds is 20. The molecule has 2 unspecified atom stereocenters. The Morgan fingerprint density at radius 2 is 1.62 bits per heavy atom. The monoisotopic (exact) mass is 657 g/mol. The maximum atomic E-state index is 14.0. The second kappa shape index (κ2) is 18.7. The average Bonchev–Trinajstić information content (AvgIpc) is 3.36. The van der Waals surface area contributed by atoms with E-state index in [1.165, 1.54) is 25.4 Å². The summed E-state index contributed by atoms with van der Waals surface area (Å²) in [5, 5.41) is 2.44. The Morgan fingerprint density at radius 1 is 0.956 bits per heavy atom. The molecule has 0 bridgehead atoms. The highest BCUT2D eigenvalue weighted by atomic mass is 31.2. The highest BCUT2D eigenvalue weighted by Gasteiger charge is 2.52. The van der Waals surface area contributed by atoms with Gasteiger partial charge in [0.05, 0.1) is 64.3 Å². The van der Waals surface area contributed by atoms with Crippen LogP contribution in [0.2, 0.25) is 0 Å². The molecular weight excluding hydrogens is 617 g/mol. The number of nitrogens with one attached hydrogen (secondary N) is 2. The molecule has 3 rings (SSSR count). The van der Waals surface area contributed by atoms with Gasteiger partial charge >= 0.3 is 19.5 Å². The van der Waals surface area contributed by atoms with Gasteiger partial charge < -0.3 is 29.0 Å². The lowest BCUT2D eigenvalue weighted by Crippen LogP contribution is -2.41. The van der Waals surface area contributed by atoms with Crippen molar-refractivity contribution in [3.63, 3.8) is 0 Å². The molecule has 1 aliphatic rings. The van der Waals surface area contributed by atoms with Gasteiger partial charge in [-0.3, -0.25) is 32.7 Å². The molecule has 0 saturated carbocycles. The molecule has 0 spiro atoms. The average molecular weight is 658 g/mol. The summed E-state index contributed by atoms with van der Waals surface area (Å²) in [7, 11) is -1.47. The summed E-state index contributed by atoms with van der Waals surface area (Å²) in [5.74, 6) is -1.14. The number of phosphoric ester groups is 1. The van der Waals surface area contributed by atoms with Crippen molar-refractivity contribution in [1.29, 1.82) is 0 Å². The van der Waals surface area contributed by atoms with Crippen LogP contribution in [0.3, 0.4) is 0 Å². The number of amides is 1. The quantitative estimate of drug-likeness (QED) is 0.118. The first-order chi connectivity index (χ1) is 21.7. The van der Waals surface area contributed by atoms with E-state index in [1.807, 2.05) is 0 Å². The van der Waals surface area contributed by atoms with Crippen LogP contribution in [-0.4, -0.2) is 100 Å². The normalized spacial score (nSPS) is 20.9. The minimum atomic E-state index is -4.47. The number of hydrogen-bond donors (Lipinski definition) is 2. The molecule has 45 heavy (non-hydrogen) atoms. The third kappa shape index (κ3) is 11.3. The lowest BCUT2D eigenvalue weighted by molar-refractivity contribution is -0.121. The Morgan fingerprint density at radius 3 is 2.27 bits per heavy atom. The highest BCUT2D eigenvalue weighted by Crippen LogP contribution is 2.53. The number of H-pyrrole nitrogens is 1. The van der Waals surface area contributed by atoms with Crippen molar-refractivity contribution in [2.24, 2.45) is 0 Å². The fourth-order valence-corrected chi connectivity index (χ4v) is 5.56. The van der Waals surface area contributed by atoms with E-state index in [4.69, 9.17) is 37.3 Å². The van der Waals surface area contributed by atoms with E-state index in [9.17, 15) is 23.7 Å². The zero-order valence-corrected chi connectivity index (χ0v) is 26.3. The van der Waals surface area contributed by atoms with E-state index in [1.54, 1.807) is 32.2 Å². The zero-order chi connectivity index (χ0) is 32.7. The van der Waals surface area contributed by atoms with Gasteiger partial charge in [-0.05, 0) is 18.6 Å². The molecule has 2 aromatic rings. The van der Waals surface area contributed by atoms with E-state index >= 15 is 0 Å². The van der Waals surface area contributed by atoms with Crippen LogP contribution in [-0.2, 0) is 46.6 Å². The molecule has 1 aromatic heterocycles. The van der Waals surface area contributed by atoms with Crippen molar-refractivity contribution in [1.82, 2.24) is 14.9 Å². The van der Waals surface area contributed by atoms with Crippen molar-refractivity contribution in [3.8, 4) is 0 Å². The molecule has 1 aliphatic heterocycles. The minimum Gasteiger partial charge on any atom is -0.451 e. The Bertz CT molecular complexity index is 1370. The number of esters is 1. The Labute approximate surface area is 259 Å². The maximum absolute atomic E-state index is 14.0. The number of carbonyl (C=O) groups is 2. The predicted molar refractivity (Wildman–Crippen MR) is 158 cm³/mol. The first kappa shape index (κ1) is 36.3. The molecule has 0 aliphatic carbocycles. The summed E-state index contributed by atoms with van der Waals surface area (Å²) in [6.07, 6.45) is -3.47. The van der Waals surface area contributed by atoms with Crippen LogP contribution in [0.15, 0.2) is 52.2 Å². The van der Waals surface area contributed by atoms with Gasteiger partial charge in [0.15, 0.2) is 12.3 Å². The van der Waals surface area contributed by atoms with E-state index in [0.29, 0.717) is 19.8 Å². The predicted octanol–water partition coefficient (Wildman–Crippen LogP) is 1.41. The summed E-state index contributed by atoms with van der Waals surface area (Å²) >= 11 is 0. The molecule has 0 radical (unpaired) electrons. The number of phosphoric acid groups is 1. The van der Waals surface area contributed by atoms with Gasteiger partial charge in [0.2, 0.25) is 5.91 Å². The Balaban J connectivity index is 1.83. The molecule has 1 fully saturated rings. The molecule has 2 heterocycles. The van der Waals surface area contributed by atoms with Gasteiger partial charge in [0.25, 0.3) is 5.56 Å². The zero-order valence-electron chi connectivity index (χ0n) is 25.4. The molecule has 250 valence electrons. The second-order valence-electron chi connectivity index (χ2n) is 9.55. The SMILES string of the molecule is CC[C@H]1O[C@@H](n2ccc(=O)[nH]c2=O)[C@@H](OC(=O)c2ccccc2)C1OP(=O)(OCCOCCOCCOC)OCCC(=O)NC. The summed E-state index contributed by atoms with van der Waals surface area (Å²) < 4.78 is 59.6. The molecule has 17 heteroatoms. The van der Waals surface area contributed by atoms with Gasteiger partial charge in [0, 0.05) is 26.4 Å². The van der Waals surface area contributed by atoms with Crippen LogP contribution < -0.4 is 16.6 Å². The van der Waals surface area contributed by atoms with Gasteiger partial charge in [0.1, 0.15) is 6.10 Å². The van der Waals surface area contributed by atoms with Crippen molar-refractivity contribution in [3.05, 3.63) is 69.0 Å². The van der Waals surface area contributed by atoms with Gasteiger partial charge in [-0.25, -0.2) is 14.2 Å². The second-order valence-corrected chi connectivity index (χ2v) is 11.2. The number of hydrogen-bond acceptors (Lipinski definition) is 13. The summed E-state index contributed by atoms with van der Waals surface area (Å²) in [5.41, 5.74) is -1.26. The Hall–Kier alpha value is -3.21. The van der Waals surface area contributed by atoms with Crippen molar-refractivity contribution in [2.75, 3.05) is 60.4 Å². The highest BCUT2D eigenvalue weighted by molar-refractivity contribution is 7.48. The molecule has 2 N–H and O–H groups in total. The summed E-state index contributed by atoms with van der Waals surface area (Å²) in [6.45, 7) is 2.58. The number of benzene rings is 1. The summed E-state index contributed by atoms with van der Waals surface area (Å²) in [6, 6.07) is 9.18. The topological polar surface area (TPSA) is 192 Å². The smallest absolute Gasteiger partial charge is 0.451 e.